The van der Waals surface area contributed by atoms with Crippen LogP contribution in [0.1, 0.15) is 44.9 Å². The molecule has 2 aromatic rings. The summed E-state index contributed by atoms with van der Waals surface area (Å²) in [4.78, 5) is 24.0. The van der Waals surface area contributed by atoms with Crippen LogP contribution >= 0.6 is 0 Å². The summed E-state index contributed by atoms with van der Waals surface area (Å²) in [6.07, 6.45) is -4.83. The van der Waals surface area contributed by atoms with Crippen LogP contribution in [0.3, 0.4) is 0 Å². The number of carbonyl (C=O) groups is 2. The van der Waals surface area contributed by atoms with Gasteiger partial charge >= 0.3 is 12.3 Å². The molecule has 2 aromatic carbocycles. The van der Waals surface area contributed by atoms with Gasteiger partial charge in [0.1, 0.15) is 23.4 Å². The highest BCUT2D eigenvalue weighted by Gasteiger charge is 2.33. The van der Waals surface area contributed by atoms with Gasteiger partial charge in [-0.15, -0.1) is 0 Å². The number of aromatic hydroxyl groups is 2. The highest BCUT2D eigenvalue weighted by Crippen LogP contribution is 2.43. The Morgan fingerprint density at radius 3 is 2.15 bits per heavy atom. The van der Waals surface area contributed by atoms with E-state index in [-0.39, 0.29) is 35.2 Å². The largest absolute Gasteiger partial charge is 0.514 e. The van der Waals surface area contributed by atoms with Crippen LogP contribution < -0.4 is 14.2 Å². The number of aliphatic hydroxyl groups is 1. The summed E-state index contributed by atoms with van der Waals surface area (Å²) >= 11 is 0. The number of aliphatic hydroxyl groups excluding tert-OH is 1. The van der Waals surface area contributed by atoms with Crippen LogP contribution in [0.25, 0.3) is 0 Å². The fourth-order valence-electron chi connectivity index (χ4n) is 3.23. The van der Waals surface area contributed by atoms with Crippen molar-refractivity contribution in [3.05, 3.63) is 41.5 Å². The summed E-state index contributed by atoms with van der Waals surface area (Å²) in [7, 11) is 0. The average Bonchev–Trinajstić information content (AvgIpc) is 2.68. The van der Waals surface area contributed by atoms with E-state index in [1.807, 2.05) is 0 Å². The lowest BCUT2D eigenvalue weighted by Gasteiger charge is -2.31. The molecule has 1 aliphatic rings. The standard InChI is InChI=1S/C23H26O10/c1-11(2)29-22(27)32-18-6-5-13(7-20(18)33-23(28)30-12(3)4)21-17(26)10-15-16(25)8-14(24)9-19(15)31-21/h5-9,11-12,17,21,24-26H,10H2,1-4H3/t17-,21-/m1/s1. The summed E-state index contributed by atoms with van der Waals surface area (Å²) in [5.74, 6) is -0.458. The number of phenols is 2. The highest BCUT2D eigenvalue weighted by atomic mass is 16.7. The predicted molar refractivity (Wildman–Crippen MR) is 114 cm³/mol. The van der Waals surface area contributed by atoms with Crippen molar-refractivity contribution in [2.24, 2.45) is 0 Å². The van der Waals surface area contributed by atoms with Crippen molar-refractivity contribution in [1.82, 2.24) is 0 Å². The van der Waals surface area contributed by atoms with Crippen LogP contribution in [0.2, 0.25) is 0 Å². The lowest BCUT2D eigenvalue weighted by atomic mass is 9.94. The van der Waals surface area contributed by atoms with Gasteiger partial charge < -0.3 is 39.0 Å². The Morgan fingerprint density at radius 2 is 1.55 bits per heavy atom. The molecule has 178 valence electrons. The number of hydrogen-bond donors (Lipinski definition) is 3. The quantitative estimate of drug-likeness (QED) is 0.441. The summed E-state index contributed by atoms with van der Waals surface area (Å²) in [6.45, 7) is 6.58. The molecule has 0 saturated heterocycles. The Hall–Kier alpha value is -3.66. The molecule has 0 unspecified atom stereocenters. The fourth-order valence-corrected chi connectivity index (χ4v) is 3.23. The fraction of sp³-hybridized carbons (Fsp3) is 0.391. The third-order valence-corrected chi connectivity index (χ3v) is 4.53. The van der Waals surface area contributed by atoms with E-state index in [9.17, 15) is 24.9 Å². The van der Waals surface area contributed by atoms with E-state index >= 15 is 0 Å². The molecule has 0 bridgehead atoms. The van der Waals surface area contributed by atoms with E-state index in [1.165, 1.54) is 24.3 Å². The molecule has 0 aromatic heterocycles. The second-order valence-electron chi connectivity index (χ2n) is 8.00. The molecule has 0 fully saturated rings. The minimum absolute atomic E-state index is 0.0522. The third kappa shape index (κ3) is 5.98. The predicted octanol–water partition coefficient (Wildman–Crippen LogP) is 3.98. The van der Waals surface area contributed by atoms with Crippen LogP contribution in [-0.2, 0) is 15.9 Å². The zero-order valence-corrected chi connectivity index (χ0v) is 18.6. The molecule has 10 heteroatoms. The van der Waals surface area contributed by atoms with Gasteiger partial charge in [0.05, 0.1) is 18.3 Å². The summed E-state index contributed by atoms with van der Waals surface area (Å²) in [6, 6.07) is 6.72. The molecule has 0 amide bonds. The van der Waals surface area contributed by atoms with Gasteiger partial charge in [0.15, 0.2) is 11.5 Å². The number of rotatable bonds is 5. The van der Waals surface area contributed by atoms with Crippen molar-refractivity contribution in [3.63, 3.8) is 0 Å². The molecule has 3 N–H and O–H groups in total. The monoisotopic (exact) mass is 462 g/mol. The van der Waals surface area contributed by atoms with E-state index in [1.54, 1.807) is 27.7 Å². The van der Waals surface area contributed by atoms with Crippen molar-refractivity contribution in [1.29, 1.82) is 0 Å². The molecule has 0 spiro atoms. The highest BCUT2D eigenvalue weighted by molar-refractivity contribution is 5.69. The van der Waals surface area contributed by atoms with Crippen molar-refractivity contribution in [2.75, 3.05) is 0 Å². The maximum Gasteiger partial charge on any atom is 0.514 e. The van der Waals surface area contributed by atoms with Gasteiger partial charge in [0.2, 0.25) is 0 Å². The maximum atomic E-state index is 12.1. The molecule has 1 heterocycles. The van der Waals surface area contributed by atoms with Crippen molar-refractivity contribution in [3.8, 4) is 28.7 Å². The SMILES string of the molecule is CC(C)OC(=O)Oc1ccc([C@H]2Oc3cc(O)cc(O)c3C[C@H]2O)cc1OC(=O)OC(C)C. The molecular weight excluding hydrogens is 436 g/mol. The Kier molecular flexibility index (Phi) is 7.17. The van der Waals surface area contributed by atoms with Crippen molar-refractivity contribution < 1.29 is 48.6 Å². The first-order chi connectivity index (χ1) is 15.5. The zero-order chi connectivity index (χ0) is 24.3. The number of phenolic OH excluding ortho intramolecular Hbond substituents is 2. The third-order valence-electron chi connectivity index (χ3n) is 4.53. The molecule has 1 aliphatic heterocycles. The van der Waals surface area contributed by atoms with Crippen molar-refractivity contribution >= 4 is 12.3 Å². The zero-order valence-electron chi connectivity index (χ0n) is 18.6. The van der Waals surface area contributed by atoms with Crippen LogP contribution in [0.15, 0.2) is 30.3 Å². The van der Waals surface area contributed by atoms with E-state index < -0.39 is 36.7 Å². The lowest BCUT2D eigenvalue weighted by Crippen LogP contribution is -2.30. The Bertz CT molecular complexity index is 1030. The number of benzene rings is 2. The molecule has 0 saturated carbocycles. The lowest BCUT2D eigenvalue weighted by molar-refractivity contribution is 0.0195. The summed E-state index contributed by atoms with van der Waals surface area (Å²) in [5.41, 5.74) is 0.734. The first-order valence-corrected chi connectivity index (χ1v) is 10.3. The van der Waals surface area contributed by atoms with E-state index in [4.69, 9.17) is 23.7 Å². The Balaban J connectivity index is 1.92. The van der Waals surface area contributed by atoms with Crippen LogP contribution in [0.5, 0.6) is 28.7 Å². The van der Waals surface area contributed by atoms with Gasteiger partial charge in [-0.25, -0.2) is 9.59 Å². The summed E-state index contributed by atoms with van der Waals surface area (Å²) < 4.78 is 26.1. The average molecular weight is 462 g/mol. The topological polar surface area (TPSA) is 141 Å². The maximum absolute atomic E-state index is 12.1. The molecule has 33 heavy (non-hydrogen) atoms. The van der Waals surface area contributed by atoms with Crippen LogP contribution in [0.4, 0.5) is 9.59 Å². The van der Waals surface area contributed by atoms with Gasteiger partial charge in [0.25, 0.3) is 0 Å². The van der Waals surface area contributed by atoms with Gasteiger partial charge in [0, 0.05) is 24.1 Å². The number of carbonyl (C=O) groups excluding carboxylic acids is 2. The van der Waals surface area contributed by atoms with Gasteiger partial charge in [-0.1, -0.05) is 6.07 Å². The Morgan fingerprint density at radius 1 is 0.939 bits per heavy atom. The van der Waals surface area contributed by atoms with Gasteiger partial charge in [-0.05, 0) is 45.4 Å². The minimum Gasteiger partial charge on any atom is -0.508 e. The first-order valence-electron chi connectivity index (χ1n) is 10.3. The van der Waals surface area contributed by atoms with E-state index in [0.717, 1.165) is 6.07 Å². The van der Waals surface area contributed by atoms with Gasteiger partial charge in [-0.3, -0.25) is 0 Å². The second-order valence-corrected chi connectivity index (χ2v) is 8.00. The van der Waals surface area contributed by atoms with Crippen molar-refractivity contribution in [2.45, 2.75) is 58.5 Å². The smallest absolute Gasteiger partial charge is 0.508 e. The Labute approximate surface area is 190 Å². The van der Waals surface area contributed by atoms with E-state index in [2.05, 4.69) is 0 Å². The second kappa shape index (κ2) is 9.86. The van der Waals surface area contributed by atoms with Crippen LogP contribution in [-0.4, -0.2) is 45.9 Å². The first kappa shape index (κ1) is 24.0. The normalized spacial score (nSPS) is 17.2. The molecule has 0 radical (unpaired) electrons. The summed E-state index contributed by atoms with van der Waals surface area (Å²) in [5, 5.41) is 30.4. The molecular formula is C23H26O10. The minimum atomic E-state index is -1.07. The molecule has 10 nitrogen and oxygen atoms in total. The van der Waals surface area contributed by atoms with Gasteiger partial charge in [-0.2, -0.15) is 0 Å². The number of ether oxygens (including phenoxy) is 5. The number of fused-ring (bicyclic) bond motifs is 1. The molecule has 0 aliphatic carbocycles. The van der Waals surface area contributed by atoms with E-state index in [0.29, 0.717) is 11.1 Å². The number of hydrogen-bond acceptors (Lipinski definition) is 10. The molecule has 2 atom stereocenters. The van der Waals surface area contributed by atoms with Crippen LogP contribution in [0, 0.1) is 0 Å². The molecule has 3 rings (SSSR count).